The van der Waals surface area contributed by atoms with E-state index in [-0.39, 0.29) is 12.5 Å². The summed E-state index contributed by atoms with van der Waals surface area (Å²) in [6.45, 7) is 3.87. The van der Waals surface area contributed by atoms with Crippen molar-refractivity contribution in [3.05, 3.63) is 92.4 Å². The molecule has 3 rings (SSSR count). The fourth-order valence-electron chi connectivity index (χ4n) is 3.32. The molecular formula is C27H26Cl3N3O4. The van der Waals surface area contributed by atoms with E-state index in [0.717, 1.165) is 5.56 Å². The standard InChI is InChI=1S/C27H26Cl3N3O4/c1-16(2)25(32-26(34)20-6-4-5-7-21(20)29)27(35)33-31-14-17-8-11-23(24(12-17)36-3)37-15-18-9-10-19(28)13-22(18)30/h4-14,16,25H,15H2,1-3H3,(H,32,34)(H,33,35). The first-order valence-corrected chi connectivity index (χ1v) is 12.5. The first-order valence-electron chi connectivity index (χ1n) is 11.3. The highest BCUT2D eigenvalue weighted by molar-refractivity contribution is 6.35. The fourth-order valence-corrected chi connectivity index (χ4v) is 4.00. The van der Waals surface area contributed by atoms with Crippen LogP contribution in [0.25, 0.3) is 0 Å². The first-order chi connectivity index (χ1) is 17.7. The summed E-state index contributed by atoms with van der Waals surface area (Å²) < 4.78 is 11.3. The van der Waals surface area contributed by atoms with Gasteiger partial charge in [0.1, 0.15) is 12.6 Å². The van der Waals surface area contributed by atoms with Gasteiger partial charge in [-0.3, -0.25) is 9.59 Å². The van der Waals surface area contributed by atoms with Crippen LogP contribution in [0.15, 0.2) is 65.8 Å². The number of methoxy groups -OCH3 is 1. The van der Waals surface area contributed by atoms with Crippen LogP contribution in [0.4, 0.5) is 0 Å². The molecule has 0 aromatic heterocycles. The average Bonchev–Trinajstić information content (AvgIpc) is 2.87. The van der Waals surface area contributed by atoms with Crippen LogP contribution in [0, 0.1) is 5.92 Å². The van der Waals surface area contributed by atoms with Crippen LogP contribution in [0.2, 0.25) is 15.1 Å². The molecule has 0 aliphatic carbocycles. The van der Waals surface area contributed by atoms with Gasteiger partial charge in [0.2, 0.25) is 0 Å². The predicted molar refractivity (Wildman–Crippen MR) is 147 cm³/mol. The minimum atomic E-state index is -0.814. The van der Waals surface area contributed by atoms with Crippen molar-refractivity contribution in [3.63, 3.8) is 0 Å². The molecule has 194 valence electrons. The topological polar surface area (TPSA) is 89.0 Å². The summed E-state index contributed by atoms with van der Waals surface area (Å²) in [5, 5.41) is 8.11. The molecule has 1 unspecified atom stereocenters. The normalized spacial score (nSPS) is 11.9. The van der Waals surface area contributed by atoms with Gasteiger partial charge in [0.25, 0.3) is 11.8 Å². The molecule has 7 nitrogen and oxygen atoms in total. The zero-order valence-corrected chi connectivity index (χ0v) is 22.7. The molecule has 0 aliphatic rings. The van der Waals surface area contributed by atoms with E-state index in [9.17, 15) is 9.59 Å². The van der Waals surface area contributed by atoms with E-state index in [4.69, 9.17) is 44.3 Å². The molecule has 3 aromatic rings. The van der Waals surface area contributed by atoms with Gasteiger partial charge in [-0.05, 0) is 53.9 Å². The van der Waals surface area contributed by atoms with Crippen LogP contribution in [-0.2, 0) is 11.4 Å². The number of carbonyl (C=O) groups is 2. The maximum Gasteiger partial charge on any atom is 0.262 e. The minimum Gasteiger partial charge on any atom is -0.493 e. The van der Waals surface area contributed by atoms with E-state index in [1.54, 1.807) is 60.7 Å². The molecule has 0 saturated heterocycles. The lowest BCUT2D eigenvalue weighted by atomic mass is 10.0. The highest BCUT2D eigenvalue weighted by Crippen LogP contribution is 2.30. The molecule has 37 heavy (non-hydrogen) atoms. The zero-order chi connectivity index (χ0) is 26.9. The van der Waals surface area contributed by atoms with Crippen molar-refractivity contribution in [1.29, 1.82) is 0 Å². The number of amides is 2. The Hall–Kier alpha value is -3.26. The molecule has 2 N–H and O–H groups in total. The van der Waals surface area contributed by atoms with E-state index in [2.05, 4.69) is 15.8 Å². The Balaban J connectivity index is 1.63. The van der Waals surface area contributed by atoms with E-state index in [0.29, 0.717) is 37.7 Å². The highest BCUT2D eigenvalue weighted by atomic mass is 35.5. The van der Waals surface area contributed by atoms with Gasteiger partial charge >= 0.3 is 0 Å². The third kappa shape index (κ3) is 7.86. The Labute approximate surface area is 230 Å². The van der Waals surface area contributed by atoms with Crippen molar-refractivity contribution in [1.82, 2.24) is 10.7 Å². The Morgan fingerprint density at radius 2 is 1.73 bits per heavy atom. The van der Waals surface area contributed by atoms with Crippen molar-refractivity contribution < 1.29 is 19.1 Å². The number of carbonyl (C=O) groups excluding carboxylic acids is 2. The molecule has 0 radical (unpaired) electrons. The fraction of sp³-hybridized carbons (Fsp3) is 0.222. The van der Waals surface area contributed by atoms with Crippen LogP contribution in [0.3, 0.4) is 0 Å². The Bertz CT molecular complexity index is 1300. The maximum absolute atomic E-state index is 12.7. The monoisotopic (exact) mass is 561 g/mol. The number of nitrogens with one attached hydrogen (secondary N) is 2. The molecule has 0 spiro atoms. The van der Waals surface area contributed by atoms with E-state index < -0.39 is 17.9 Å². The quantitative estimate of drug-likeness (QED) is 0.229. The summed E-state index contributed by atoms with van der Waals surface area (Å²) in [5.41, 5.74) is 4.21. The molecule has 0 bridgehead atoms. The summed E-state index contributed by atoms with van der Waals surface area (Å²) in [6.07, 6.45) is 1.47. The van der Waals surface area contributed by atoms with Crippen molar-refractivity contribution in [2.75, 3.05) is 7.11 Å². The van der Waals surface area contributed by atoms with Crippen LogP contribution in [0.1, 0.15) is 35.3 Å². The number of benzene rings is 3. The lowest BCUT2D eigenvalue weighted by molar-refractivity contribution is -0.123. The zero-order valence-electron chi connectivity index (χ0n) is 20.4. The van der Waals surface area contributed by atoms with E-state index >= 15 is 0 Å². The third-order valence-corrected chi connectivity index (χ3v) is 6.25. The van der Waals surface area contributed by atoms with Gasteiger partial charge in [-0.25, -0.2) is 5.43 Å². The molecule has 3 aromatic carbocycles. The lowest BCUT2D eigenvalue weighted by Gasteiger charge is -2.20. The molecule has 0 heterocycles. The van der Waals surface area contributed by atoms with Crippen molar-refractivity contribution >= 4 is 52.8 Å². The van der Waals surface area contributed by atoms with Gasteiger partial charge in [0.05, 0.1) is 23.9 Å². The second-order valence-corrected chi connectivity index (χ2v) is 9.59. The lowest BCUT2D eigenvalue weighted by Crippen LogP contribution is -2.48. The van der Waals surface area contributed by atoms with Gasteiger partial charge in [0, 0.05) is 15.6 Å². The summed E-state index contributed by atoms with van der Waals surface area (Å²) in [5.74, 6) is -0.0985. The van der Waals surface area contributed by atoms with E-state index in [1.807, 2.05) is 13.8 Å². The number of rotatable bonds is 10. The van der Waals surface area contributed by atoms with Crippen molar-refractivity contribution in [2.24, 2.45) is 11.0 Å². The molecule has 10 heteroatoms. The van der Waals surface area contributed by atoms with E-state index in [1.165, 1.54) is 13.3 Å². The summed E-state index contributed by atoms with van der Waals surface area (Å²) in [7, 11) is 1.52. The molecule has 2 amide bonds. The van der Waals surface area contributed by atoms with Crippen LogP contribution < -0.4 is 20.2 Å². The van der Waals surface area contributed by atoms with Crippen molar-refractivity contribution in [2.45, 2.75) is 26.5 Å². The Kier molecular flexibility index (Phi) is 10.2. The van der Waals surface area contributed by atoms with Gasteiger partial charge in [-0.1, -0.05) is 66.8 Å². The molecule has 1 atom stereocenters. The van der Waals surface area contributed by atoms with Gasteiger partial charge < -0.3 is 14.8 Å². The maximum atomic E-state index is 12.7. The molecule has 0 saturated carbocycles. The summed E-state index contributed by atoms with van der Waals surface area (Å²) in [4.78, 5) is 25.3. The highest BCUT2D eigenvalue weighted by Gasteiger charge is 2.25. The summed E-state index contributed by atoms with van der Waals surface area (Å²) in [6, 6.07) is 16.2. The summed E-state index contributed by atoms with van der Waals surface area (Å²) >= 11 is 18.2. The van der Waals surface area contributed by atoms with Gasteiger partial charge in [-0.2, -0.15) is 5.10 Å². The second kappa shape index (κ2) is 13.3. The number of hydrazone groups is 1. The number of hydrogen-bond donors (Lipinski definition) is 2. The Morgan fingerprint density at radius 3 is 2.41 bits per heavy atom. The van der Waals surface area contributed by atoms with Crippen LogP contribution in [-0.4, -0.2) is 31.2 Å². The largest absolute Gasteiger partial charge is 0.493 e. The number of nitrogens with zero attached hydrogens (tertiary/aromatic N) is 1. The molecule has 0 fully saturated rings. The minimum absolute atomic E-state index is 0.188. The Morgan fingerprint density at radius 1 is 0.973 bits per heavy atom. The third-order valence-electron chi connectivity index (χ3n) is 5.33. The smallest absolute Gasteiger partial charge is 0.262 e. The number of ether oxygens (including phenoxy) is 2. The average molecular weight is 563 g/mol. The van der Waals surface area contributed by atoms with Gasteiger partial charge in [-0.15, -0.1) is 0 Å². The number of hydrogen-bond acceptors (Lipinski definition) is 5. The first kappa shape index (κ1) is 28.3. The van der Waals surface area contributed by atoms with Crippen LogP contribution in [0.5, 0.6) is 11.5 Å². The van der Waals surface area contributed by atoms with Crippen LogP contribution >= 0.6 is 34.8 Å². The predicted octanol–water partition coefficient (Wildman–Crippen LogP) is 6.14. The second-order valence-electron chi connectivity index (χ2n) is 8.34. The number of halogens is 3. The van der Waals surface area contributed by atoms with Gasteiger partial charge in [0.15, 0.2) is 11.5 Å². The van der Waals surface area contributed by atoms with Crippen molar-refractivity contribution in [3.8, 4) is 11.5 Å². The SMILES string of the molecule is COc1cc(C=NNC(=O)C(NC(=O)c2ccccc2Cl)C(C)C)ccc1OCc1ccc(Cl)cc1Cl. The molecular weight excluding hydrogens is 537 g/mol. The molecule has 0 aliphatic heterocycles.